The second-order valence-electron chi connectivity index (χ2n) is 8.46. The van der Waals surface area contributed by atoms with Crippen molar-refractivity contribution in [1.82, 2.24) is 24.8 Å². The third-order valence-corrected chi connectivity index (χ3v) is 8.98. The zero-order valence-corrected chi connectivity index (χ0v) is 24.4. The molecule has 230 valence electrons. The van der Waals surface area contributed by atoms with Gasteiger partial charge in [0.2, 0.25) is 0 Å². The second-order valence-corrected chi connectivity index (χ2v) is 12.9. The fraction of sp³-hybridized carbons (Fsp3) is 0.647. The number of carbonyl (C=O) groups is 2. The summed E-state index contributed by atoms with van der Waals surface area (Å²) in [6.45, 7) is 2.77. The molecule has 3 rings (SSSR count). The molecule has 0 aromatic carbocycles. The van der Waals surface area contributed by atoms with E-state index in [4.69, 9.17) is 24.0 Å². The van der Waals surface area contributed by atoms with Gasteiger partial charge in [0.25, 0.3) is 5.56 Å². The molecule has 24 heteroatoms. The molecule has 1 aliphatic heterocycles. The molecule has 21 nitrogen and oxygen atoms in total. The maximum absolute atomic E-state index is 13.4. The number of ether oxygens (including phenoxy) is 3. The van der Waals surface area contributed by atoms with E-state index in [0.717, 1.165) is 13.8 Å². The Labute approximate surface area is 229 Å². The zero-order chi connectivity index (χ0) is 30.9. The van der Waals surface area contributed by atoms with E-state index in [-0.39, 0.29) is 11.0 Å². The topological polar surface area (TPSA) is 287 Å². The molecule has 0 radical (unpaired) electrons. The lowest BCUT2D eigenvalue weighted by Gasteiger charge is -2.23. The molecule has 0 amide bonds. The lowest BCUT2D eigenvalue weighted by molar-refractivity contribution is -0.166. The molecule has 0 bridgehead atoms. The molecule has 4 N–H and O–H groups in total. The van der Waals surface area contributed by atoms with Gasteiger partial charge in [-0.1, -0.05) is 18.6 Å². The highest BCUT2D eigenvalue weighted by atomic mass is 31.3. The number of phosphoric acid groups is 3. The van der Waals surface area contributed by atoms with E-state index in [1.165, 1.54) is 11.7 Å². The van der Waals surface area contributed by atoms with E-state index >= 15 is 0 Å². The highest BCUT2D eigenvalue weighted by molar-refractivity contribution is 7.66. The van der Waals surface area contributed by atoms with Crippen LogP contribution in [0.3, 0.4) is 0 Å². The Kier molecular flexibility index (Phi) is 10.0. The van der Waals surface area contributed by atoms with Crippen LogP contribution >= 0.6 is 23.5 Å². The van der Waals surface area contributed by atoms with E-state index in [2.05, 4.69) is 28.6 Å². The van der Waals surface area contributed by atoms with Gasteiger partial charge >= 0.3 is 35.4 Å². The van der Waals surface area contributed by atoms with Crippen molar-refractivity contribution in [2.45, 2.75) is 58.2 Å². The van der Waals surface area contributed by atoms with Crippen molar-refractivity contribution < 1.29 is 70.2 Å². The summed E-state index contributed by atoms with van der Waals surface area (Å²) in [7, 11) is -15.6. The molecule has 0 saturated carbocycles. The molecule has 1 fully saturated rings. The normalized spacial score (nSPS) is 24.1. The smallest absolute Gasteiger partial charge is 0.456 e. The Morgan fingerprint density at radius 1 is 1.00 bits per heavy atom. The highest BCUT2D eigenvalue weighted by Gasteiger charge is 2.52. The van der Waals surface area contributed by atoms with E-state index < -0.39 is 72.1 Å². The second kappa shape index (κ2) is 12.4. The van der Waals surface area contributed by atoms with Crippen LogP contribution in [0.1, 0.15) is 39.1 Å². The maximum atomic E-state index is 13.4. The lowest BCUT2D eigenvalue weighted by Crippen LogP contribution is -2.42. The Morgan fingerprint density at radius 2 is 1.61 bits per heavy atom. The Bertz CT molecular complexity index is 1520. The number of aromatic nitrogens is 5. The SMILES string of the molecule is CCCc1nn(C)c2c(=O)n(C3OC(COP(=O)(O)OP(=O)(O)OP(=O)(O)O)C(OC(C)=O)C3OC(C)=O)nnc12. The summed E-state index contributed by atoms with van der Waals surface area (Å²) in [5.74, 6) is -1.85. The summed E-state index contributed by atoms with van der Waals surface area (Å²) < 4.78 is 64.6. The minimum atomic E-state index is -5.83. The van der Waals surface area contributed by atoms with Crippen LogP contribution in [0.5, 0.6) is 0 Å². The van der Waals surface area contributed by atoms with Gasteiger partial charge in [0, 0.05) is 20.9 Å². The van der Waals surface area contributed by atoms with Crippen LogP contribution in [0.2, 0.25) is 0 Å². The molecule has 0 spiro atoms. The van der Waals surface area contributed by atoms with Crippen LogP contribution in [0.4, 0.5) is 0 Å². The molecular weight excluding hydrogens is 623 g/mol. The van der Waals surface area contributed by atoms with Crippen molar-refractivity contribution in [3.05, 3.63) is 16.0 Å². The van der Waals surface area contributed by atoms with Crippen LogP contribution < -0.4 is 5.56 Å². The van der Waals surface area contributed by atoms with Crippen LogP contribution in [-0.4, -0.2) is 81.2 Å². The van der Waals surface area contributed by atoms with Crippen molar-refractivity contribution in [3.8, 4) is 0 Å². The number of hydrogen-bond donors (Lipinski definition) is 4. The van der Waals surface area contributed by atoms with Gasteiger partial charge in [0.1, 0.15) is 11.6 Å². The first-order valence-corrected chi connectivity index (χ1v) is 16.0. The van der Waals surface area contributed by atoms with Crippen molar-refractivity contribution in [1.29, 1.82) is 0 Å². The first kappa shape index (κ1) is 33.1. The Morgan fingerprint density at radius 3 is 2.17 bits per heavy atom. The van der Waals surface area contributed by atoms with Gasteiger partial charge < -0.3 is 33.8 Å². The van der Waals surface area contributed by atoms with Gasteiger partial charge in [-0.3, -0.25) is 23.6 Å². The molecule has 2 aromatic rings. The van der Waals surface area contributed by atoms with E-state index in [1.54, 1.807) is 0 Å². The first-order valence-electron chi connectivity index (χ1n) is 11.4. The number of hydrogen-bond acceptors (Lipinski definition) is 15. The van der Waals surface area contributed by atoms with Gasteiger partial charge in [-0.25, -0.2) is 13.7 Å². The predicted molar refractivity (Wildman–Crippen MR) is 129 cm³/mol. The summed E-state index contributed by atoms with van der Waals surface area (Å²) in [6, 6.07) is 0. The van der Waals surface area contributed by atoms with Crippen molar-refractivity contribution in [2.75, 3.05) is 6.61 Å². The Balaban J connectivity index is 1.97. The van der Waals surface area contributed by atoms with E-state index in [0.29, 0.717) is 23.2 Å². The summed E-state index contributed by atoms with van der Waals surface area (Å²) >= 11 is 0. The van der Waals surface area contributed by atoms with Gasteiger partial charge in [0.15, 0.2) is 24.0 Å². The molecule has 1 saturated heterocycles. The molecular formula is C17H26N5O16P3. The zero-order valence-electron chi connectivity index (χ0n) is 21.7. The average Bonchev–Trinajstić information content (AvgIpc) is 3.27. The van der Waals surface area contributed by atoms with Crippen molar-refractivity contribution in [3.63, 3.8) is 0 Å². The fourth-order valence-corrected chi connectivity index (χ4v) is 6.92. The molecule has 0 aliphatic carbocycles. The summed E-state index contributed by atoms with van der Waals surface area (Å²) in [6.07, 6.45) is -5.29. The lowest BCUT2D eigenvalue weighted by atomic mass is 10.1. The van der Waals surface area contributed by atoms with E-state index in [1.807, 2.05) is 6.92 Å². The fourth-order valence-electron chi connectivity index (χ4n) is 3.89. The van der Waals surface area contributed by atoms with Crippen molar-refractivity contribution in [2.24, 2.45) is 7.05 Å². The van der Waals surface area contributed by atoms with Gasteiger partial charge in [0.05, 0.1) is 12.3 Å². The third kappa shape index (κ3) is 8.33. The number of carbonyl (C=O) groups excluding carboxylic acids is 2. The maximum Gasteiger partial charge on any atom is 0.490 e. The number of rotatable bonds is 12. The summed E-state index contributed by atoms with van der Waals surface area (Å²) in [5.41, 5.74) is -0.0883. The standard InChI is InChI=1S/C17H26N5O16P3/c1-5-6-10-12-13(21(4)19-10)16(25)22(20-18-12)17-15(35-9(3)24)14(34-8(2)23)11(36-17)7-33-40(29,30)38-41(31,32)37-39(26,27)28/h11,14-15,17H,5-7H2,1-4H3,(H,29,30)(H,31,32)(H2,26,27,28). The summed E-state index contributed by atoms with van der Waals surface area (Å²) in [4.78, 5) is 73.6. The Hall–Kier alpha value is -2.41. The predicted octanol–water partition coefficient (Wildman–Crippen LogP) is -0.418. The minimum absolute atomic E-state index is 0.00868. The molecule has 2 aromatic heterocycles. The quantitative estimate of drug-likeness (QED) is 0.168. The van der Waals surface area contributed by atoms with Crippen LogP contribution in [0.25, 0.3) is 11.0 Å². The highest BCUT2D eigenvalue weighted by Crippen LogP contribution is 2.66. The molecule has 6 unspecified atom stereocenters. The monoisotopic (exact) mass is 649 g/mol. The number of nitrogens with zero attached hydrogens (tertiary/aromatic N) is 5. The minimum Gasteiger partial charge on any atom is -0.456 e. The molecule has 6 atom stereocenters. The third-order valence-electron chi connectivity index (χ3n) is 5.18. The average molecular weight is 649 g/mol. The van der Waals surface area contributed by atoms with Crippen molar-refractivity contribution >= 4 is 46.4 Å². The van der Waals surface area contributed by atoms with Gasteiger partial charge in [-0.15, -0.1) is 5.10 Å². The number of esters is 2. The molecule has 3 heterocycles. The van der Waals surface area contributed by atoms with Gasteiger partial charge in [-0.2, -0.15) is 18.4 Å². The summed E-state index contributed by atoms with van der Waals surface area (Å²) in [5, 5.41) is 12.2. The van der Waals surface area contributed by atoms with E-state index in [9.17, 15) is 37.9 Å². The number of aryl methyl sites for hydroxylation is 2. The number of phosphoric ester groups is 1. The molecule has 1 aliphatic rings. The first-order chi connectivity index (χ1) is 18.8. The van der Waals surface area contributed by atoms with Crippen LogP contribution in [0.15, 0.2) is 4.79 Å². The molecule has 41 heavy (non-hydrogen) atoms. The van der Waals surface area contributed by atoms with Crippen LogP contribution in [0, 0.1) is 0 Å². The largest absolute Gasteiger partial charge is 0.490 e. The van der Waals surface area contributed by atoms with Gasteiger partial charge in [-0.05, 0) is 6.42 Å². The van der Waals surface area contributed by atoms with Crippen LogP contribution in [-0.2, 0) is 64.1 Å². The number of fused-ring (bicyclic) bond motifs is 1.